The molecule has 106 valence electrons. The molecule has 0 amide bonds. The zero-order chi connectivity index (χ0) is 10.6. The number of carboxylic acids is 3. The number of carboxylic acid groups (broad SMARTS) is 3. The number of carbonyl (C=O) groups excluding carboxylic acids is 3. The van der Waals surface area contributed by atoms with Crippen LogP contribution in [0.1, 0.15) is 12.8 Å². The van der Waals surface area contributed by atoms with E-state index in [1.54, 1.807) is 0 Å². The average Bonchev–Trinajstić information content (AvgIpc) is 1.82. The molecule has 0 aromatic carbocycles. The third-order valence-electron chi connectivity index (χ3n) is 1.25. The fraction of sp³-hybridized carbons (Fsp3) is 0.500. The molecule has 0 aliphatic heterocycles. The number of carbonyl (C=O) groups is 3. The van der Waals surface area contributed by atoms with E-state index in [1.165, 1.54) is 0 Å². The molecule has 0 spiro atoms. The molecule has 0 atom stereocenters. The summed E-state index contributed by atoms with van der Waals surface area (Å²) in [5, 5.41) is 38.9. The van der Waals surface area contributed by atoms with Crippen LogP contribution in [-0.4, -0.2) is 39.6 Å². The molecule has 0 aliphatic carbocycles. The summed E-state index contributed by atoms with van der Waals surface area (Å²) in [5.41, 5.74) is -2.97. The third-order valence-corrected chi connectivity index (χ3v) is 1.25. The minimum absolute atomic E-state index is 0. The molecule has 9 nitrogen and oxygen atoms in total. The molecule has 0 fully saturated rings. The number of aliphatic hydroxyl groups is 1. The van der Waals surface area contributed by atoms with Gasteiger partial charge < -0.3 is 45.8 Å². The van der Waals surface area contributed by atoms with E-state index < -0.39 is 36.4 Å². The summed E-state index contributed by atoms with van der Waals surface area (Å²) < 4.78 is 0. The van der Waals surface area contributed by atoms with Gasteiger partial charge in [-0.2, -0.15) is 0 Å². The van der Waals surface area contributed by atoms with Gasteiger partial charge >= 0.3 is 154 Å². The monoisotopic (exact) mass is 414 g/mol. The van der Waals surface area contributed by atoms with E-state index in [2.05, 4.69) is 0 Å². The number of rotatable bonds is 5. The quantitative estimate of drug-likeness (QED) is 0.429. The van der Waals surface area contributed by atoms with Crippen LogP contribution in [0.4, 0.5) is 0 Å². The Morgan fingerprint density at radius 2 is 1.00 bits per heavy atom. The van der Waals surface area contributed by atoms with E-state index in [9.17, 15) is 29.7 Å². The van der Waals surface area contributed by atoms with Gasteiger partial charge in [-0.25, -0.2) is 0 Å². The maximum atomic E-state index is 10.1. The van der Waals surface area contributed by atoms with Crippen molar-refractivity contribution in [2.24, 2.45) is 0 Å². The van der Waals surface area contributed by atoms with Gasteiger partial charge in [0.25, 0.3) is 0 Å². The zero-order valence-corrected chi connectivity index (χ0v) is 22.1. The summed E-state index contributed by atoms with van der Waals surface area (Å²) in [4.78, 5) is 30.0. The molecule has 0 radical (unpaired) electrons. The van der Waals surface area contributed by atoms with Crippen LogP contribution in [0.15, 0.2) is 0 Å². The zero-order valence-electron chi connectivity index (χ0n) is 11.1. The molecule has 0 saturated carbocycles. The standard InChI is InChI=1S/C6H8O7.2ClH.3K.2H2O/c7-3(8)1-6(13,5(11)12)2-4(9)10;;;;;;;/h13H,1-2H2,(H,7,8)(H,9,10)(H,11,12);2*1H;;;;2*1H2/q;;;3*+1;;/p-3. The summed E-state index contributed by atoms with van der Waals surface area (Å²) in [5.74, 6) is -5.98. The van der Waals surface area contributed by atoms with E-state index in [0.717, 1.165) is 0 Å². The maximum Gasteiger partial charge on any atom is 1.00 e. The van der Waals surface area contributed by atoms with Gasteiger partial charge in [0, 0.05) is 24.8 Å². The van der Waals surface area contributed by atoms with Crippen molar-refractivity contribution in [3.05, 3.63) is 0 Å². The van der Waals surface area contributed by atoms with Crippen molar-refractivity contribution >= 4 is 42.7 Å². The Morgan fingerprint density at radius 1 is 0.800 bits per heavy atom. The van der Waals surface area contributed by atoms with Crippen LogP contribution in [0.2, 0.25) is 0 Å². The molecule has 0 rings (SSSR count). The van der Waals surface area contributed by atoms with Crippen molar-refractivity contribution in [1.29, 1.82) is 0 Å². The SMILES string of the molecule is Cl.Cl.O.O.O=C([O-])CC(O)(CC(=O)[O-])C(=O)[O-].[K+].[K+].[K+]. The van der Waals surface area contributed by atoms with Gasteiger partial charge in [-0.05, 0) is 0 Å². The smallest absolute Gasteiger partial charge is 0.550 e. The summed E-state index contributed by atoms with van der Waals surface area (Å²) >= 11 is 0. The Bertz CT molecular complexity index is 250. The molecule has 20 heavy (non-hydrogen) atoms. The summed E-state index contributed by atoms with van der Waals surface area (Å²) in [6.07, 6.45) is -2.72. The van der Waals surface area contributed by atoms with Crippen molar-refractivity contribution in [3.8, 4) is 0 Å². The molecule has 0 aliphatic rings. The number of aliphatic carboxylic acids is 3. The second-order valence-corrected chi connectivity index (χ2v) is 2.42. The van der Waals surface area contributed by atoms with Gasteiger partial charge in [-0.1, -0.05) is 0 Å². The fourth-order valence-electron chi connectivity index (χ4n) is 0.684. The molecule has 5 N–H and O–H groups in total. The molecule has 0 heterocycles. The van der Waals surface area contributed by atoms with Gasteiger partial charge in [0.05, 0.1) is 5.97 Å². The fourth-order valence-corrected chi connectivity index (χ4v) is 0.684. The molecule has 0 aromatic heterocycles. The predicted octanol–water partition coefficient (Wildman–Crippen LogP) is -15.0. The Labute approximate surface area is 254 Å². The van der Waals surface area contributed by atoms with Crippen molar-refractivity contribution in [3.63, 3.8) is 0 Å². The number of halogens is 2. The minimum Gasteiger partial charge on any atom is -0.550 e. The van der Waals surface area contributed by atoms with Crippen molar-refractivity contribution in [2.75, 3.05) is 0 Å². The Hall–Kier alpha value is 3.78. The predicted molar refractivity (Wildman–Crippen MR) is 50.9 cm³/mol. The summed E-state index contributed by atoms with van der Waals surface area (Å²) in [6, 6.07) is 0. The second-order valence-electron chi connectivity index (χ2n) is 2.42. The van der Waals surface area contributed by atoms with Crippen LogP contribution in [-0.2, 0) is 14.4 Å². The molecular formula is C6H11Cl2K3O9. The maximum absolute atomic E-state index is 10.1. The van der Waals surface area contributed by atoms with Gasteiger partial charge in [0.15, 0.2) is 0 Å². The summed E-state index contributed by atoms with van der Waals surface area (Å²) in [6.45, 7) is 0. The largest absolute Gasteiger partial charge is 1.00 e. The van der Waals surface area contributed by atoms with Crippen LogP contribution >= 0.6 is 24.8 Å². The molecule has 0 saturated heterocycles. The van der Waals surface area contributed by atoms with E-state index >= 15 is 0 Å². The first-order valence-electron chi connectivity index (χ1n) is 3.11. The molecule has 0 unspecified atom stereocenters. The van der Waals surface area contributed by atoms with Crippen molar-refractivity contribution < 1.29 is 200 Å². The molecular weight excluding hydrogens is 404 g/mol. The topological polar surface area (TPSA) is 204 Å². The number of hydrogen-bond donors (Lipinski definition) is 1. The summed E-state index contributed by atoms with van der Waals surface area (Å²) in [7, 11) is 0. The van der Waals surface area contributed by atoms with Crippen LogP contribution < -0.4 is 169 Å². The van der Waals surface area contributed by atoms with E-state index in [1.807, 2.05) is 0 Å². The first-order chi connectivity index (χ1) is 5.78. The second kappa shape index (κ2) is 25.0. The number of hydrogen-bond acceptors (Lipinski definition) is 7. The van der Waals surface area contributed by atoms with E-state index in [0.29, 0.717) is 0 Å². The van der Waals surface area contributed by atoms with Crippen LogP contribution in [0, 0.1) is 0 Å². The van der Waals surface area contributed by atoms with Gasteiger partial charge in [0.2, 0.25) is 0 Å². The van der Waals surface area contributed by atoms with Crippen LogP contribution in [0.5, 0.6) is 0 Å². The average molecular weight is 415 g/mol. The Balaban J connectivity index is -0.0000000343. The molecule has 0 bridgehead atoms. The minimum atomic E-state index is -2.97. The van der Waals surface area contributed by atoms with Crippen molar-refractivity contribution in [2.45, 2.75) is 18.4 Å². The Morgan fingerprint density at radius 3 is 1.10 bits per heavy atom. The normalized spacial score (nSPS) is 7.05. The van der Waals surface area contributed by atoms with Gasteiger partial charge in [0.1, 0.15) is 5.60 Å². The van der Waals surface area contributed by atoms with Crippen molar-refractivity contribution in [1.82, 2.24) is 0 Å². The van der Waals surface area contributed by atoms with Crippen LogP contribution in [0.25, 0.3) is 0 Å². The first kappa shape index (κ1) is 49.6. The van der Waals surface area contributed by atoms with Gasteiger partial charge in [-0.15, -0.1) is 24.8 Å². The van der Waals surface area contributed by atoms with E-state index in [-0.39, 0.29) is 190 Å². The first-order valence-corrected chi connectivity index (χ1v) is 3.11. The van der Waals surface area contributed by atoms with E-state index in [4.69, 9.17) is 5.11 Å². The Kier molecular flexibility index (Phi) is 62.0. The third kappa shape index (κ3) is 24.0. The molecule has 0 aromatic rings. The van der Waals surface area contributed by atoms with Gasteiger partial charge in [-0.3, -0.25) is 0 Å². The van der Waals surface area contributed by atoms with Crippen LogP contribution in [0.3, 0.4) is 0 Å². The molecule has 14 heteroatoms.